The summed E-state index contributed by atoms with van der Waals surface area (Å²) in [5, 5.41) is 3.06. The van der Waals surface area contributed by atoms with E-state index in [1.54, 1.807) is 33.5 Å². The van der Waals surface area contributed by atoms with Crippen LogP contribution in [0.5, 0.6) is 17.2 Å². The smallest absolute Gasteiger partial charge is 0.193 e. The highest BCUT2D eigenvalue weighted by atomic mass is 127. The molecule has 0 heterocycles. The molecule has 0 bridgehead atoms. The third kappa shape index (κ3) is 5.70. The summed E-state index contributed by atoms with van der Waals surface area (Å²) < 4.78 is 16.0. The van der Waals surface area contributed by atoms with Crippen molar-refractivity contribution in [1.29, 1.82) is 0 Å². The number of aryl methyl sites for hydroxylation is 1. The van der Waals surface area contributed by atoms with Crippen LogP contribution < -0.4 is 25.3 Å². The molecule has 2 aromatic carbocycles. The third-order valence-electron chi connectivity index (χ3n) is 3.55. The fourth-order valence-electron chi connectivity index (χ4n) is 2.22. The maximum atomic E-state index is 5.96. The van der Waals surface area contributed by atoms with Crippen LogP contribution in [0.15, 0.2) is 41.4 Å². The molecular weight excluding hydrogens is 433 g/mol. The molecule has 0 unspecified atom stereocenters. The summed E-state index contributed by atoms with van der Waals surface area (Å²) in [6.45, 7) is 2.35. The second kappa shape index (κ2) is 9.97. The van der Waals surface area contributed by atoms with Crippen LogP contribution in [0, 0.1) is 6.92 Å². The normalized spacial score (nSPS) is 10.6. The lowest BCUT2D eigenvalue weighted by Gasteiger charge is -2.14. The lowest BCUT2D eigenvalue weighted by atomic mass is 10.1. The number of guanidine groups is 1. The topological polar surface area (TPSA) is 78.1 Å². The van der Waals surface area contributed by atoms with Gasteiger partial charge in [0.05, 0.1) is 33.4 Å². The van der Waals surface area contributed by atoms with Crippen LogP contribution in [0.1, 0.15) is 11.1 Å². The highest BCUT2D eigenvalue weighted by Crippen LogP contribution is 2.34. The largest absolute Gasteiger partial charge is 0.496 e. The number of rotatable bonds is 6. The monoisotopic (exact) mass is 457 g/mol. The van der Waals surface area contributed by atoms with Crippen molar-refractivity contribution in [2.45, 2.75) is 13.5 Å². The first-order chi connectivity index (χ1) is 11.6. The number of aliphatic imine (C=N–C) groups is 1. The molecule has 0 atom stereocenters. The van der Waals surface area contributed by atoms with Gasteiger partial charge in [-0.25, -0.2) is 4.99 Å². The van der Waals surface area contributed by atoms with E-state index in [9.17, 15) is 0 Å². The first-order valence-electron chi connectivity index (χ1n) is 7.50. The first kappa shape index (κ1) is 20.9. The van der Waals surface area contributed by atoms with Crippen molar-refractivity contribution >= 4 is 35.6 Å². The summed E-state index contributed by atoms with van der Waals surface area (Å²) in [5.41, 5.74) is 8.83. The summed E-state index contributed by atoms with van der Waals surface area (Å²) in [5.74, 6) is 2.25. The van der Waals surface area contributed by atoms with E-state index >= 15 is 0 Å². The minimum Gasteiger partial charge on any atom is -0.496 e. The number of nitrogens with zero attached hydrogens (tertiary/aromatic N) is 1. The minimum atomic E-state index is 0. The molecule has 0 aromatic heterocycles. The van der Waals surface area contributed by atoms with Gasteiger partial charge in [0.1, 0.15) is 17.2 Å². The Balaban J connectivity index is 0.00000312. The second-order valence-corrected chi connectivity index (χ2v) is 5.20. The van der Waals surface area contributed by atoms with Gasteiger partial charge in [-0.05, 0) is 19.1 Å². The first-order valence-corrected chi connectivity index (χ1v) is 7.50. The highest BCUT2D eigenvalue weighted by molar-refractivity contribution is 14.0. The molecule has 0 spiro atoms. The van der Waals surface area contributed by atoms with Crippen LogP contribution in [0.4, 0.5) is 5.69 Å². The zero-order chi connectivity index (χ0) is 17.5. The second-order valence-electron chi connectivity index (χ2n) is 5.20. The SMILES string of the molecule is COc1cc(OC)c(CN=C(N)Nc2ccc(C)cc2)c(OC)c1.I. The van der Waals surface area contributed by atoms with Gasteiger partial charge >= 0.3 is 0 Å². The molecule has 0 amide bonds. The number of methoxy groups -OCH3 is 3. The number of hydrogen-bond donors (Lipinski definition) is 2. The van der Waals surface area contributed by atoms with Gasteiger partial charge in [0.25, 0.3) is 0 Å². The van der Waals surface area contributed by atoms with Gasteiger partial charge in [0, 0.05) is 17.8 Å². The molecule has 0 aliphatic rings. The molecule has 2 aromatic rings. The molecule has 0 aliphatic carbocycles. The van der Waals surface area contributed by atoms with Crippen LogP contribution in [-0.4, -0.2) is 27.3 Å². The van der Waals surface area contributed by atoms with Crippen molar-refractivity contribution in [3.05, 3.63) is 47.5 Å². The van der Waals surface area contributed by atoms with E-state index in [0.29, 0.717) is 29.8 Å². The predicted molar refractivity (Wildman–Crippen MR) is 112 cm³/mol. The van der Waals surface area contributed by atoms with Gasteiger partial charge in [-0.2, -0.15) is 0 Å². The van der Waals surface area contributed by atoms with E-state index in [0.717, 1.165) is 11.3 Å². The molecule has 136 valence electrons. The van der Waals surface area contributed by atoms with E-state index in [1.165, 1.54) is 5.56 Å². The predicted octanol–water partition coefficient (Wildman–Crippen LogP) is 3.57. The fraction of sp³-hybridized carbons (Fsp3) is 0.278. The van der Waals surface area contributed by atoms with Crippen LogP contribution in [0.3, 0.4) is 0 Å². The van der Waals surface area contributed by atoms with Crippen molar-refractivity contribution in [2.75, 3.05) is 26.6 Å². The molecule has 2 rings (SSSR count). The lowest BCUT2D eigenvalue weighted by Crippen LogP contribution is -2.22. The Hall–Kier alpha value is -2.16. The van der Waals surface area contributed by atoms with Crippen LogP contribution in [0.25, 0.3) is 0 Å². The van der Waals surface area contributed by atoms with Gasteiger partial charge in [-0.3, -0.25) is 0 Å². The maximum Gasteiger partial charge on any atom is 0.193 e. The van der Waals surface area contributed by atoms with Gasteiger partial charge in [0.2, 0.25) is 0 Å². The molecule has 6 nitrogen and oxygen atoms in total. The molecule has 0 radical (unpaired) electrons. The van der Waals surface area contributed by atoms with E-state index < -0.39 is 0 Å². The molecule has 0 saturated carbocycles. The zero-order valence-electron chi connectivity index (χ0n) is 14.8. The Morgan fingerprint density at radius 1 is 1.00 bits per heavy atom. The van der Waals surface area contributed by atoms with E-state index in [1.807, 2.05) is 31.2 Å². The fourth-order valence-corrected chi connectivity index (χ4v) is 2.22. The third-order valence-corrected chi connectivity index (χ3v) is 3.55. The summed E-state index contributed by atoms with van der Waals surface area (Å²) in [6.07, 6.45) is 0. The number of hydrogen-bond acceptors (Lipinski definition) is 4. The van der Waals surface area contributed by atoms with E-state index in [4.69, 9.17) is 19.9 Å². The average molecular weight is 457 g/mol. The molecule has 3 N–H and O–H groups in total. The molecule has 7 heteroatoms. The Bertz CT molecular complexity index is 693. The number of nitrogens with one attached hydrogen (secondary N) is 1. The summed E-state index contributed by atoms with van der Waals surface area (Å²) >= 11 is 0. The van der Waals surface area contributed by atoms with E-state index in [2.05, 4.69) is 10.3 Å². The summed E-state index contributed by atoms with van der Waals surface area (Å²) in [6, 6.07) is 11.5. The zero-order valence-corrected chi connectivity index (χ0v) is 17.2. The highest BCUT2D eigenvalue weighted by Gasteiger charge is 2.13. The van der Waals surface area contributed by atoms with Crippen molar-refractivity contribution in [3.63, 3.8) is 0 Å². The average Bonchev–Trinajstić information content (AvgIpc) is 2.61. The number of nitrogens with two attached hydrogens (primary N) is 1. The Kier molecular flexibility index (Phi) is 8.33. The van der Waals surface area contributed by atoms with Crippen LogP contribution in [-0.2, 0) is 6.54 Å². The lowest BCUT2D eigenvalue weighted by molar-refractivity contribution is 0.369. The number of ether oxygens (including phenoxy) is 3. The molecule has 0 aliphatic heterocycles. The summed E-state index contributed by atoms with van der Waals surface area (Å²) in [4.78, 5) is 4.37. The Labute approximate surface area is 165 Å². The van der Waals surface area contributed by atoms with Gasteiger partial charge in [0.15, 0.2) is 5.96 Å². The number of anilines is 1. The molecule has 25 heavy (non-hydrogen) atoms. The van der Waals surface area contributed by atoms with Crippen LogP contribution in [0.2, 0.25) is 0 Å². The number of halogens is 1. The van der Waals surface area contributed by atoms with Gasteiger partial charge in [-0.15, -0.1) is 24.0 Å². The molecule has 0 fully saturated rings. The van der Waals surface area contributed by atoms with Crippen molar-refractivity contribution < 1.29 is 14.2 Å². The summed E-state index contributed by atoms with van der Waals surface area (Å²) in [7, 11) is 4.78. The number of benzene rings is 2. The molecular formula is C18H24IN3O3. The molecule has 0 saturated heterocycles. The van der Waals surface area contributed by atoms with Crippen LogP contribution >= 0.6 is 24.0 Å². The quantitative estimate of drug-likeness (QED) is 0.394. The Morgan fingerprint density at radius 3 is 2.04 bits per heavy atom. The van der Waals surface area contributed by atoms with Crippen molar-refractivity contribution in [3.8, 4) is 17.2 Å². The van der Waals surface area contributed by atoms with Gasteiger partial charge < -0.3 is 25.3 Å². The Morgan fingerprint density at radius 2 is 1.56 bits per heavy atom. The van der Waals surface area contributed by atoms with Crippen molar-refractivity contribution in [2.24, 2.45) is 10.7 Å². The standard InChI is InChI=1S/C18H23N3O3.HI/c1-12-5-7-13(8-6-12)21-18(19)20-11-15-16(23-3)9-14(22-2)10-17(15)24-4;/h5-10H,11H2,1-4H3,(H3,19,20,21);1H. The van der Waals surface area contributed by atoms with Crippen molar-refractivity contribution in [1.82, 2.24) is 0 Å². The van der Waals surface area contributed by atoms with Gasteiger partial charge in [-0.1, -0.05) is 17.7 Å². The maximum absolute atomic E-state index is 5.96. The minimum absolute atomic E-state index is 0. The van der Waals surface area contributed by atoms with E-state index in [-0.39, 0.29) is 24.0 Å².